The van der Waals surface area contributed by atoms with Crippen molar-refractivity contribution in [3.05, 3.63) is 15.6 Å². The predicted molar refractivity (Wildman–Crippen MR) is 73.4 cm³/mol. The summed E-state index contributed by atoms with van der Waals surface area (Å²) in [5.74, 6) is -1.27. The Labute approximate surface area is 122 Å². The van der Waals surface area contributed by atoms with E-state index in [-0.39, 0.29) is 28.9 Å². The first-order valence-corrected chi connectivity index (χ1v) is 6.08. The van der Waals surface area contributed by atoms with Gasteiger partial charge in [0, 0.05) is 5.56 Å². The van der Waals surface area contributed by atoms with Crippen LogP contribution in [0, 0.1) is 6.92 Å². The number of nitrogens with zero attached hydrogens (tertiary/aromatic N) is 2. The summed E-state index contributed by atoms with van der Waals surface area (Å²) in [5.41, 5.74) is 0.418. The average Bonchev–Trinajstić information content (AvgIpc) is 2.44. The first-order chi connectivity index (χ1) is 7.69. The minimum absolute atomic E-state index is 0. The normalized spacial score (nSPS) is 10.1. The molecule has 8 heteroatoms. The topological polar surface area (TPSA) is 73.2 Å². The lowest BCUT2D eigenvalue weighted by molar-refractivity contribution is -0.870. The maximum atomic E-state index is 10.3. The molecule has 0 bridgehead atoms. The molecule has 0 amide bonds. The summed E-state index contributed by atoms with van der Waals surface area (Å²) >= 11 is 6.43. The second-order valence-corrected chi connectivity index (χ2v) is 5.82. The molecular formula is C10H18Cl2N2O3S. The van der Waals surface area contributed by atoms with Crippen LogP contribution in [0.2, 0.25) is 4.34 Å². The van der Waals surface area contributed by atoms with Crippen LogP contribution >= 0.6 is 35.5 Å². The van der Waals surface area contributed by atoms with Crippen LogP contribution in [0.5, 0.6) is 0 Å². The lowest BCUT2D eigenvalue weighted by atomic mass is 10.3. The molecule has 0 fully saturated rings. The molecule has 1 N–H and O–H groups in total. The van der Waals surface area contributed by atoms with E-state index in [2.05, 4.69) is 25.5 Å². The monoisotopic (exact) mass is 316 g/mol. The molecule has 0 aromatic carbocycles. The smallest absolute Gasteiger partial charge is 0.123 e. The first kappa shape index (κ1) is 19.9. The van der Waals surface area contributed by atoms with Crippen molar-refractivity contribution in [2.24, 2.45) is 0 Å². The Hall–Kier alpha value is -0.400. The molecule has 0 unspecified atom stereocenters. The van der Waals surface area contributed by atoms with E-state index in [1.165, 1.54) is 0 Å². The highest BCUT2D eigenvalue weighted by Crippen LogP contribution is 2.22. The van der Waals surface area contributed by atoms with Gasteiger partial charge in [-0.3, -0.25) is 0 Å². The van der Waals surface area contributed by atoms with E-state index in [0.29, 0.717) is 5.69 Å². The molecule has 0 aliphatic carbocycles. The van der Waals surface area contributed by atoms with Gasteiger partial charge < -0.3 is 19.5 Å². The number of carboxylic acids is 1. The summed E-state index contributed by atoms with van der Waals surface area (Å²) in [5, 5.41) is 18.7. The number of hydrogen-bond acceptors (Lipinski definition) is 5. The fraction of sp³-hybridized carbons (Fsp3) is 0.600. The zero-order valence-electron chi connectivity index (χ0n) is 10.8. The van der Waals surface area contributed by atoms with Crippen molar-refractivity contribution in [1.82, 2.24) is 4.37 Å². The molecule has 1 aromatic heterocycles. The number of aryl methyl sites for hydroxylation is 1. The van der Waals surface area contributed by atoms with Crippen molar-refractivity contribution in [3.63, 3.8) is 0 Å². The molecule has 106 valence electrons. The van der Waals surface area contributed by atoms with Crippen LogP contribution in [-0.4, -0.2) is 54.2 Å². The summed E-state index contributed by atoms with van der Waals surface area (Å²) < 4.78 is 4.75. The number of aliphatic hydroxyl groups is 1. The maximum absolute atomic E-state index is 10.3. The molecule has 0 radical (unpaired) electrons. The average molecular weight is 317 g/mol. The fourth-order valence-corrected chi connectivity index (χ4v) is 1.82. The Balaban J connectivity index is 0. The Morgan fingerprint density at radius 3 is 2.11 bits per heavy atom. The number of carbonyl (C=O) groups excluding carboxylic acids is 1. The van der Waals surface area contributed by atoms with Crippen LogP contribution in [-0.2, 0) is 0 Å². The van der Waals surface area contributed by atoms with E-state index < -0.39 is 5.97 Å². The van der Waals surface area contributed by atoms with Gasteiger partial charge in [-0.2, -0.15) is 4.37 Å². The minimum atomic E-state index is -1.27. The van der Waals surface area contributed by atoms with Crippen molar-refractivity contribution in [2.75, 3.05) is 34.3 Å². The molecule has 1 rings (SSSR count). The van der Waals surface area contributed by atoms with Crippen molar-refractivity contribution in [1.29, 1.82) is 0 Å². The third-order valence-corrected chi connectivity index (χ3v) is 2.92. The minimum Gasteiger partial charge on any atom is -0.545 e. The molecule has 0 atom stereocenters. The first-order valence-electron chi connectivity index (χ1n) is 4.93. The number of aromatic carboxylic acids is 1. The second-order valence-electron chi connectivity index (χ2n) is 4.44. The van der Waals surface area contributed by atoms with Gasteiger partial charge in [0.25, 0.3) is 0 Å². The Morgan fingerprint density at radius 2 is 2.00 bits per heavy atom. The van der Waals surface area contributed by atoms with Gasteiger partial charge in [-0.25, -0.2) is 0 Å². The van der Waals surface area contributed by atoms with E-state index in [9.17, 15) is 9.90 Å². The SMILES string of the molecule is C[N+](C)(C)CCO.Cc1nsc(Cl)c1C(=O)[O-].Cl. The van der Waals surface area contributed by atoms with Crippen LogP contribution in [0.1, 0.15) is 16.1 Å². The molecule has 0 saturated heterocycles. The number of aromatic nitrogens is 1. The molecule has 0 aliphatic rings. The maximum Gasteiger partial charge on any atom is 0.123 e. The second kappa shape index (κ2) is 8.66. The van der Waals surface area contributed by atoms with Crippen LogP contribution in [0.3, 0.4) is 0 Å². The predicted octanol–water partition coefficient (Wildman–Crippen LogP) is 0.575. The van der Waals surface area contributed by atoms with E-state index in [0.717, 1.165) is 22.6 Å². The van der Waals surface area contributed by atoms with Crippen molar-refractivity contribution >= 4 is 41.5 Å². The largest absolute Gasteiger partial charge is 0.545 e. The van der Waals surface area contributed by atoms with Gasteiger partial charge in [0.2, 0.25) is 0 Å². The Kier molecular flexibility index (Phi) is 9.59. The molecule has 1 aromatic rings. The highest BCUT2D eigenvalue weighted by molar-refractivity contribution is 7.11. The molecular weight excluding hydrogens is 299 g/mol. The van der Waals surface area contributed by atoms with E-state index >= 15 is 0 Å². The summed E-state index contributed by atoms with van der Waals surface area (Å²) in [6, 6.07) is 0. The third kappa shape index (κ3) is 7.84. The third-order valence-electron chi connectivity index (χ3n) is 1.80. The van der Waals surface area contributed by atoms with E-state index in [4.69, 9.17) is 16.7 Å². The zero-order chi connectivity index (χ0) is 13.6. The van der Waals surface area contributed by atoms with Gasteiger partial charge in [0.1, 0.15) is 10.9 Å². The summed E-state index contributed by atoms with van der Waals surface area (Å²) in [6.45, 7) is 2.69. The van der Waals surface area contributed by atoms with Crippen LogP contribution < -0.4 is 5.11 Å². The van der Waals surface area contributed by atoms with E-state index in [1.54, 1.807) is 6.92 Å². The number of rotatable bonds is 3. The highest BCUT2D eigenvalue weighted by atomic mass is 35.5. The van der Waals surface area contributed by atoms with E-state index in [1.807, 2.05) is 0 Å². The van der Waals surface area contributed by atoms with Crippen molar-refractivity contribution in [2.45, 2.75) is 6.92 Å². The lowest BCUT2D eigenvalue weighted by Crippen LogP contribution is -2.36. The number of likely N-dealkylation sites (N-methyl/N-ethyl adjacent to an activating group) is 1. The van der Waals surface area contributed by atoms with Crippen LogP contribution in [0.25, 0.3) is 0 Å². The van der Waals surface area contributed by atoms with Gasteiger partial charge >= 0.3 is 0 Å². The van der Waals surface area contributed by atoms with Crippen molar-refractivity contribution in [3.8, 4) is 0 Å². The van der Waals surface area contributed by atoms with Gasteiger partial charge in [-0.15, -0.1) is 12.4 Å². The number of halogens is 2. The van der Waals surface area contributed by atoms with Gasteiger partial charge in [0.15, 0.2) is 0 Å². The molecule has 1 heterocycles. The summed E-state index contributed by atoms with van der Waals surface area (Å²) in [4.78, 5) is 10.3. The highest BCUT2D eigenvalue weighted by Gasteiger charge is 2.08. The van der Waals surface area contributed by atoms with Gasteiger partial charge in [0.05, 0.1) is 39.4 Å². The number of carboxylic acid groups (broad SMARTS) is 1. The van der Waals surface area contributed by atoms with Crippen LogP contribution in [0.4, 0.5) is 0 Å². The number of carbonyl (C=O) groups is 1. The number of quaternary nitrogens is 1. The molecule has 0 spiro atoms. The van der Waals surface area contributed by atoms with Gasteiger partial charge in [-0.05, 0) is 18.5 Å². The van der Waals surface area contributed by atoms with Crippen LogP contribution in [0.15, 0.2) is 0 Å². The summed E-state index contributed by atoms with van der Waals surface area (Å²) in [7, 11) is 6.16. The lowest BCUT2D eigenvalue weighted by Gasteiger charge is -2.21. The standard InChI is InChI=1S/C5H4ClNO2S.C5H14NO.ClH/c1-2-3(5(8)9)4(6)10-7-2;1-6(2,3)4-5-7;/h1H3,(H,8,9);7H,4-5H2,1-3H3;1H/q;+1;/p-1. The van der Waals surface area contributed by atoms with Crippen molar-refractivity contribution < 1.29 is 19.5 Å². The zero-order valence-corrected chi connectivity index (χ0v) is 13.2. The molecule has 18 heavy (non-hydrogen) atoms. The summed E-state index contributed by atoms with van der Waals surface area (Å²) in [6.07, 6.45) is 0. The Morgan fingerprint density at radius 1 is 1.50 bits per heavy atom. The fourth-order valence-electron chi connectivity index (χ4n) is 0.870. The molecule has 0 aliphatic heterocycles. The Bertz CT molecular complexity index is 358. The quantitative estimate of drug-likeness (QED) is 0.828. The number of aliphatic hydroxyl groups excluding tert-OH is 1. The van der Waals surface area contributed by atoms with Gasteiger partial charge in [-0.1, -0.05) is 11.6 Å². The molecule has 5 nitrogen and oxygen atoms in total. The number of hydrogen-bond donors (Lipinski definition) is 1. The molecule has 0 saturated carbocycles.